The van der Waals surface area contributed by atoms with E-state index in [1.807, 2.05) is 90.5 Å². The number of hydrogen-bond donors (Lipinski definition) is 0. The standard InChI is InChI=1S/C31H29N3O3S/c1-4-18-33-21(2)30(31(36)34(33)23-8-6-5-7-9-23)28(35)19-22-10-13-25(14-11-22)38-29-16-17-32-27-20-24(37-3)12-15-26(27)29/h5-17,20H,4,18-19H2,1-3H3. The van der Waals surface area contributed by atoms with Gasteiger partial charge in [0.15, 0.2) is 5.78 Å². The highest BCUT2D eigenvalue weighted by atomic mass is 32.2. The van der Waals surface area contributed by atoms with Crippen molar-refractivity contribution in [1.82, 2.24) is 14.3 Å². The minimum absolute atomic E-state index is 0.165. The Morgan fingerprint density at radius 2 is 1.76 bits per heavy atom. The summed E-state index contributed by atoms with van der Waals surface area (Å²) < 4.78 is 8.86. The lowest BCUT2D eigenvalue weighted by molar-refractivity contribution is 0.0991. The van der Waals surface area contributed by atoms with Gasteiger partial charge >= 0.3 is 0 Å². The predicted molar refractivity (Wildman–Crippen MR) is 152 cm³/mol. The molecule has 5 rings (SSSR count). The fourth-order valence-corrected chi connectivity index (χ4v) is 5.61. The molecule has 6 nitrogen and oxygen atoms in total. The van der Waals surface area contributed by atoms with Gasteiger partial charge in [-0.2, -0.15) is 0 Å². The summed E-state index contributed by atoms with van der Waals surface area (Å²) in [5, 5.41) is 1.05. The summed E-state index contributed by atoms with van der Waals surface area (Å²) in [6, 6.07) is 25.3. The van der Waals surface area contributed by atoms with Crippen molar-refractivity contribution in [3.8, 4) is 11.4 Å². The van der Waals surface area contributed by atoms with E-state index in [0.29, 0.717) is 12.2 Å². The number of fused-ring (bicyclic) bond motifs is 1. The molecular weight excluding hydrogens is 494 g/mol. The van der Waals surface area contributed by atoms with E-state index >= 15 is 0 Å². The summed E-state index contributed by atoms with van der Waals surface area (Å²) in [5.74, 6) is 0.610. The largest absolute Gasteiger partial charge is 0.497 e. The number of hydrogen-bond acceptors (Lipinski definition) is 5. The van der Waals surface area contributed by atoms with Crippen molar-refractivity contribution >= 4 is 28.4 Å². The first-order valence-electron chi connectivity index (χ1n) is 12.6. The van der Waals surface area contributed by atoms with Crippen molar-refractivity contribution in [3.63, 3.8) is 0 Å². The highest BCUT2D eigenvalue weighted by molar-refractivity contribution is 7.99. The van der Waals surface area contributed by atoms with Gasteiger partial charge in [-0.15, -0.1) is 0 Å². The van der Waals surface area contributed by atoms with Crippen LogP contribution in [0.25, 0.3) is 16.6 Å². The van der Waals surface area contributed by atoms with Gasteiger partial charge < -0.3 is 4.74 Å². The zero-order valence-corrected chi connectivity index (χ0v) is 22.5. The van der Waals surface area contributed by atoms with Crippen LogP contribution >= 0.6 is 11.8 Å². The van der Waals surface area contributed by atoms with E-state index < -0.39 is 0 Å². The molecule has 0 spiro atoms. The van der Waals surface area contributed by atoms with Crippen LogP contribution in [-0.4, -0.2) is 27.2 Å². The second-order valence-electron chi connectivity index (χ2n) is 9.07. The normalized spacial score (nSPS) is 11.1. The Labute approximate surface area is 225 Å². The van der Waals surface area contributed by atoms with E-state index in [4.69, 9.17) is 4.74 Å². The summed E-state index contributed by atoms with van der Waals surface area (Å²) >= 11 is 1.65. The van der Waals surface area contributed by atoms with Crippen LogP contribution in [0.15, 0.2) is 99.6 Å². The Hall–Kier alpha value is -4.10. The molecule has 0 fully saturated rings. The molecule has 0 bridgehead atoms. The smallest absolute Gasteiger partial charge is 0.282 e. The molecule has 0 aliphatic rings. The number of ether oxygens (including phenoxy) is 1. The third-order valence-electron chi connectivity index (χ3n) is 6.54. The van der Waals surface area contributed by atoms with Crippen LogP contribution in [0.3, 0.4) is 0 Å². The molecular formula is C31H29N3O3S. The molecule has 0 unspecified atom stereocenters. The first-order valence-corrected chi connectivity index (χ1v) is 13.4. The number of rotatable bonds is 9. The molecule has 0 saturated carbocycles. The van der Waals surface area contributed by atoms with Crippen LogP contribution in [0.5, 0.6) is 5.75 Å². The fraction of sp³-hybridized carbons (Fsp3) is 0.194. The molecule has 3 aromatic carbocycles. The highest BCUT2D eigenvalue weighted by Crippen LogP contribution is 2.34. The number of methoxy groups -OCH3 is 1. The number of benzene rings is 3. The average molecular weight is 524 g/mol. The maximum Gasteiger partial charge on any atom is 0.282 e. The molecule has 0 amide bonds. The van der Waals surface area contributed by atoms with Crippen molar-refractivity contribution in [3.05, 3.63) is 112 Å². The molecule has 0 radical (unpaired) electrons. The quantitative estimate of drug-likeness (QED) is 0.207. The zero-order valence-electron chi connectivity index (χ0n) is 21.7. The third-order valence-corrected chi connectivity index (χ3v) is 7.62. The van der Waals surface area contributed by atoms with Crippen molar-refractivity contribution in [2.45, 2.75) is 43.0 Å². The molecule has 2 aromatic heterocycles. The first-order chi connectivity index (χ1) is 18.5. The van der Waals surface area contributed by atoms with Crippen molar-refractivity contribution in [1.29, 1.82) is 0 Å². The lowest BCUT2D eigenvalue weighted by atomic mass is 10.0. The van der Waals surface area contributed by atoms with Gasteiger partial charge in [0.2, 0.25) is 0 Å². The van der Waals surface area contributed by atoms with Crippen LogP contribution < -0.4 is 10.3 Å². The lowest BCUT2D eigenvalue weighted by Gasteiger charge is -2.12. The average Bonchev–Trinajstić information content (AvgIpc) is 3.19. The van der Waals surface area contributed by atoms with Gasteiger partial charge in [0.25, 0.3) is 5.56 Å². The van der Waals surface area contributed by atoms with Gasteiger partial charge in [0, 0.05) is 46.1 Å². The number of carbonyl (C=O) groups excluding carboxylic acids is 1. The Morgan fingerprint density at radius 3 is 2.47 bits per heavy atom. The number of pyridine rings is 1. The molecule has 0 saturated heterocycles. The van der Waals surface area contributed by atoms with Crippen molar-refractivity contribution in [2.75, 3.05) is 7.11 Å². The van der Waals surface area contributed by atoms with E-state index in [-0.39, 0.29) is 23.3 Å². The summed E-state index contributed by atoms with van der Waals surface area (Å²) in [5.41, 5.74) is 3.22. The topological polar surface area (TPSA) is 66.1 Å². The number of aromatic nitrogens is 3. The number of para-hydroxylation sites is 1. The summed E-state index contributed by atoms with van der Waals surface area (Å²) in [6.45, 7) is 4.58. The monoisotopic (exact) mass is 523 g/mol. The van der Waals surface area contributed by atoms with E-state index in [0.717, 1.165) is 44.1 Å². The maximum atomic E-state index is 13.4. The second kappa shape index (κ2) is 11.1. The number of carbonyl (C=O) groups is 1. The van der Waals surface area contributed by atoms with E-state index in [9.17, 15) is 9.59 Å². The SMILES string of the molecule is CCCn1c(C)c(C(=O)Cc2ccc(Sc3ccnc4cc(OC)ccc34)cc2)c(=O)n1-c1ccccc1. The lowest BCUT2D eigenvalue weighted by Crippen LogP contribution is -2.24. The van der Waals surface area contributed by atoms with Crippen LogP contribution in [0, 0.1) is 6.92 Å². The zero-order chi connectivity index (χ0) is 26.6. The summed E-state index contributed by atoms with van der Waals surface area (Å²) in [4.78, 5) is 33.4. The van der Waals surface area contributed by atoms with Gasteiger partial charge in [-0.25, -0.2) is 4.68 Å². The van der Waals surface area contributed by atoms with Crippen LogP contribution in [0.2, 0.25) is 0 Å². The number of ketones is 1. The Balaban J connectivity index is 1.38. The number of nitrogens with zero attached hydrogens (tertiary/aromatic N) is 3. The maximum absolute atomic E-state index is 13.4. The minimum atomic E-state index is -0.263. The van der Waals surface area contributed by atoms with Gasteiger partial charge in [0.1, 0.15) is 11.3 Å². The fourth-order valence-electron chi connectivity index (χ4n) is 4.67. The summed E-state index contributed by atoms with van der Waals surface area (Å²) in [7, 11) is 1.65. The van der Waals surface area contributed by atoms with Gasteiger partial charge in [0.05, 0.1) is 18.3 Å². The van der Waals surface area contributed by atoms with Crippen molar-refractivity contribution in [2.24, 2.45) is 0 Å². The Bertz CT molecular complexity index is 1650. The molecule has 0 N–H and O–H groups in total. The van der Waals surface area contributed by atoms with Gasteiger partial charge in [-0.1, -0.05) is 49.0 Å². The number of Topliss-reactive ketones (excluding diaryl/α,β-unsaturated/α-hetero) is 1. The molecule has 192 valence electrons. The van der Waals surface area contributed by atoms with Crippen LogP contribution in [-0.2, 0) is 13.0 Å². The highest BCUT2D eigenvalue weighted by Gasteiger charge is 2.23. The summed E-state index contributed by atoms with van der Waals surface area (Å²) in [6.07, 6.45) is 2.82. The third kappa shape index (κ3) is 5.02. The molecule has 5 aromatic rings. The molecule has 2 heterocycles. The molecule has 0 aliphatic heterocycles. The van der Waals surface area contributed by atoms with Crippen LogP contribution in [0.1, 0.15) is 35.0 Å². The first kappa shape index (κ1) is 25.5. The second-order valence-corrected chi connectivity index (χ2v) is 10.2. The van der Waals surface area contributed by atoms with E-state index in [1.165, 1.54) is 0 Å². The van der Waals surface area contributed by atoms with Gasteiger partial charge in [-0.05, 0) is 61.4 Å². The van der Waals surface area contributed by atoms with Gasteiger partial charge in [-0.3, -0.25) is 19.3 Å². The van der Waals surface area contributed by atoms with E-state index in [1.54, 1.807) is 29.8 Å². The molecule has 38 heavy (non-hydrogen) atoms. The molecule has 7 heteroatoms. The molecule has 0 aliphatic carbocycles. The Morgan fingerprint density at radius 1 is 1.00 bits per heavy atom. The van der Waals surface area contributed by atoms with Crippen molar-refractivity contribution < 1.29 is 9.53 Å². The predicted octanol–water partition coefficient (Wildman–Crippen LogP) is 6.49. The molecule has 0 atom stereocenters. The minimum Gasteiger partial charge on any atom is -0.497 e. The Kier molecular flexibility index (Phi) is 7.47. The van der Waals surface area contributed by atoms with E-state index in [2.05, 4.69) is 11.9 Å². The van der Waals surface area contributed by atoms with Crippen LogP contribution in [0.4, 0.5) is 0 Å².